The van der Waals surface area contributed by atoms with Crippen LogP contribution in [0, 0.1) is 0 Å². The van der Waals surface area contributed by atoms with Gasteiger partial charge in [0.1, 0.15) is 18.2 Å². The number of anilines is 1. The highest BCUT2D eigenvalue weighted by atomic mass is 19.4. The Morgan fingerprint density at radius 3 is 2.68 bits per heavy atom. The second kappa shape index (κ2) is 6.44. The molecule has 8 nitrogen and oxygen atoms in total. The summed E-state index contributed by atoms with van der Waals surface area (Å²) in [5.74, 6) is -0.596. The molecule has 0 radical (unpaired) electrons. The zero-order valence-corrected chi connectivity index (χ0v) is 14.3. The maximum Gasteiger partial charge on any atom is 0.418 e. The highest BCUT2D eigenvalue weighted by molar-refractivity contribution is 6.05. The standard InChI is InChI=1S/C17H12F3N7O/c1-26-9-23-13-4-10(6-22-15(13)26)16(28)25-11-2-3-14(27-8-21-7-24-27)12(5-11)17(18,19)20/h2-9H,1H3,(H,25,28). The Balaban J connectivity index is 1.66. The summed E-state index contributed by atoms with van der Waals surface area (Å²) in [6.45, 7) is 0. The first-order chi connectivity index (χ1) is 13.3. The van der Waals surface area contributed by atoms with Gasteiger partial charge in [0, 0.05) is 18.9 Å². The Bertz CT molecular complexity index is 1170. The summed E-state index contributed by atoms with van der Waals surface area (Å²) in [5, 5.41) is 6.19. The minimum absolute atomic E-state index is 0.0118. The predicted molar refractivity (Wildman–Crippen MR) is 92.8 cm³/mol. The van der Waals surface area contributed by atoms with Crippen molar-refractivity contribution in [3.05, 3.63) is 60.6 Å². The molecule has 3 aromatic heterocycles. The summed E-state index contributed by atoms with van der Waals surface area (Å²) in [5.41, 5.74) is 0.122. The lowest BCUT2D eigenvalue weighted by Gasteiger charge is -2.14. The van der Waals surface area contributed by atoms with E-state index in [9.17, 15) is 18.0 Å². The van der Waals surface area contributed by atoms with Gasteiger partial charge in [-0.25, -0.2) is 19.6 Å². The molecule has 4 aromatic rings. The highest BCUT2D eigenvalue weighted by Gasteiger charge is 2.34. The first-order valence-corrected chi connectivity index (χ1v) is 7.97. The van der Waals surface area contributed by atoms with E-state index >= 15 is 0 Å². The van der Waals surface area contributed by atoms with Gasteiger partial charge in [0.15, 0.2) is 5.65 Å². The van der Waals surface area contributed by atoms with Crippen LogP contribution in [-0.4, -0.2) is 35.2 Å². The fourth-order valence-corrected chi connectivity index (χ4v) is 2.72. The van der Waals surface area contributed by atoms with E-state index in [4.69, 9.17) is 0 Å². The van der Waals surface area contributed by atoms with Crippen LogP contribution in [0.15, 0.2) is 49.4 Å². The van der Waals surface area contributed by atoms with Crippen LogP contribution in [0.3, 0.4) is 0 Å². The molecule has 1 N–H and O–H groups in total. The molecule has 0 fully saturated rings. The molecule has 0 aliphatic carbocycles. The van der Waals surface area contributed by atoms with E-state index in [1.807, 2.05) is 0 Å². The third-order valence-corrected chi connectivity index (χ3v) is 4.04. The number of aromatic nitrogens is 6. The van der Waals surface area contributed by atoms with Crippen molar-refractivity contribution < 1.29 is 18.0 Å². The zero-order chi connectivity index (χ0) is 19.9. The van der Waals surface area contributed by atoms with Crippen LogP contribution in [0.2, 0.25) is 0 Å². The Labute approximate surface area is 155 Å². The molecular formula is C17H12F3N7O. The molecule has 0 unspecified atom stereocenters. The predicted octanol–water partition coefficient (Wildman–Crippen LogP) is 2.82. The molecule has 0 saturated heterocycles. The van der Waals surface area contributed by atoms with E-state index in [-0.39, 0.29) is 16.9 Å². The number of carbonyl (C=O) groups is 1. The number of amides is 1. The number of pyridine rings is 1. The van der Waals surface area contributed by atoms with Crippen molar-refractivity contribution in [1.82, 2.24) is 29.3 Å². The topological polar surface area (TPSA) is 90.5 Å². The van der Waals surface area contributed by atoms with Gasteiger partial charge >= 0.3 is 6.18 Å². The second-order valence-corrected chi connectivity index (χ2v) is 5.95. The zero-order valence-electron chi connectivity index (χ0n) is 14.3. The Morgan fingerprint density at radius 2 is 1.96 bits per heavy atom. The lowest BCUT2D eigenvalue weighted by molar-refractivity contribution is -0.137. The van der Waals surface area contributed by atoms with E-state index in [0.29, 0.717) is 11.2 Å². The van der Waals surface area contributed by atoms with Gasteiger partial charge in [0.25, 0.3) is 5.91 Å². The molecule has 1 amide bonds. The fraction of sp³-hybridized carbons (Fsp3) is 0.118. The first-order valence-electron chi connectivity index (χ1n) is 7.97. The molecular weight excluding hydrogens is 375 g/mol. The summed E-state index contributed by atoms with van der Waals surface area (Å²) in [7, 11) is 1.76. The highest BCUT2D eigenvalue weighted by Crippen LogP contribution is 2.35. The molecule has 28 heavy (non-hydrogen) atoms. The van der Waals surface area contributed by atoms with Crippen LogP contribution >= 0.6 is 0 Å². The van der Waals surface area contributed by atoms with Crippen molar-refractivity contribution in [3.63, 3.8) is 0 Å². The molecule has 0 bridgehead atoms. The van der Waals surface area contributed by atoms with Gasteiger partial charge in [0.2, 0.25) is 0 Å². The normalized spacial score (nSPS) is 11.7. The van der Waals surface area contributed by atoms with Crippen LogP contribution in [0.25, 0.3) is 16.9 Å². The molecule has 142 valence electrons. The third-order valence-electron chi connectivity index (χ3n) is 4.04. The van der Waals surface area contributed by atoms with Crippen molar-refractivity contribution in [1.29, 1.82) is 0 Å². The van der Waals surface area contributed by atoms with Gasteiger partial charge in [-0.15, -0.1) is 0 Å². The van der Waals surface area contributed by atoms with Gasteiger partial charge in [-0.1, -0.05) is 0 Å². The number of alkyl halides is 3. The van der Waals surface area contributed by atoms with Gasteiger partial charge in [-0.2, -0.15) is 18.3 Å². The SMILES string of the molecule is Cn1cnc2cc(C(=O)Nc3ccc(-n4cncn4)c(C(F)(F)F)c3)cnc21. The smallest absolute Gasteiger partial charge is 0.322 e. The van der Waals surface area contributed by atoms with Crippen LogP contribution in [0.5, 0.6) is 0 Å². The Kier molecular flexibility index (Phi) is 4.06. The number of aryl methyl sites for hydroxylation is 1. The minimum Gasteiger partial charge on any atom is -0.322 e. The second-order valence-electron chi connectivity index (χ2n) is 5.95. The summed E-state index contributed by atoms with van der Waals surface area (Å²) in [6, 6.07) is 4.94. The van der Waals surface area contributed by atoms with Crippen molar-refractivity contribution in [3.8, 4) is 5.69 Å². The van der Waals surface area contributed by atoms with E-state index in [0.717, 1.165) is 23.4 Å². The molecule has 1 aromatic carbocycles. The average molecular weight is 387 g/mol. The fourth-order valence-electron chi connectivity index (χ4n) is 2.72. The number of nitrogens with zero attached hydrogens (tertiary/aromatic N) is 6. The number of imidazole rings is 1. The van der Waals surface area contributed by atoms with Crippen LogP contribution in [-0.2, 0) is 13.2 Å². The number of hydrogen-bond acceptors (Lipinski definition) is 5. The summed E-state index contributed by atoms with van der Waals surface area (Å²) >= 11 is 0. The van der Waals surface area contributed by atoms with Crippen molar-refractivity contribution in [2.45, 2.75) is 6.18 Å². The molecule has 3 heterocycles. The first kappa shape index (κ1) is 17.6. The van der Waals surface area contributed by atoms with Gasteiger partial charge < -0.3 is 9.88 Å². The lowest BCUT2D eigenvalue weighted by Crippen LogP contribution is -2.15. The molecule has 0 aliphatic heterocycles. The summed E-state index contributed by atoms with van der Waals surface area (Å²) in [6.07, 6.45) is 0.551. The van der Waals surface area contributed by atoms with Crippen molar-refractivity contribution in [2.24, 2.45) is 7.05 Å². The molecule has 0 aliphatic rings. The number of carbonyl (C=O) groups excluding carboxylic acids is 1. The van der Waals surface area contributed by atoms with Gasteiger partial charge in [-0.05, 0) is 24.3 Å². The summed E-state index contributed by atoms with van der Waals surface area (Å²) in [4.78, 5) is 24.4. The quantitative estimate of drug-likeness (QED) is 0.584. The van der Waals surface area contributed by atoms with E-state index in [1.165, 1.54) is 24.4 Å². The van der Waals surface area contributed by atoms with Crippen molar-refractivity contribution >= 4 is 22.8 Å². The van der Waals surface area contributed by atoms with Crippen molar-refractivity contribution in [2.75, 3.05) is 5.32 Å². The molecule has 0 atom stereocenters. The number of hydrogen-bond donors (Lipinski definition) is 1. The Hall–Kier alpha value is -3.76. The number of halogens is 3. The molecule has 11 heteroatoms. The largest absolute Gasteiger partial charge is 0.418 e. The Morgan fingerprint density at radius 1 is 1.14 bits per heavy atom. The number of rotatable bonds is 3. The van der Waals surface area contributed by atoms with Gasteiger partial charge in [-0.3, -0.25) is 4.79 Å². The molecule has 0 spiro atoms. The molecule has 0 saturated carbocycles. The maximum atomic E-state index is 13.5. The number of fused-ring (bicyclic) bond motifs is 1. The number of nitrogens with one attached hydrogen (secondary N) is 1. The van der Waals surface area contributed by atoms with Gasteiger partial charge in [0.05, 0.1) is 23.1 Å². The lowest BCUT2D eigenvalue weighted by atomic mass is 10.1. The van der Waals surface area contributed by atoms with Crippen LogP contribution in [0.4, 0.5) is 18.9 Å². The van der Waals surface area contributed by atoms with E-state index in [2.05, 4.69) is 25.4 Å². The van der Waals surface area contributed by atoms with E-state index < -0.39 is 17.6 Å². The maximum absolute atomic E-state index is 13.5. The van der Waals surface area contributed by atoms with E-state index in [1.54, 1.807) is 17.9 Å². The third kappa shape index (κ3) is 3.17. The summed E-state index contributed by atoms with van der Waals surface area (Å²) < 4.78 is 43.1. The monoisotopic (exact) mass is 387 g/mol. The average Bonchev–Trinajstić information content (AvgIpc) is 3.31. The van der Waals surface area contributed by atoms with Crippen LogP contribution in [0.1, 0.15) is 15.9 Å². The molecule has 4 rings (SSSR count). The number of benzene rings is 1. The minimum atomic E-state index is -4.64. The van der Waals surface area contributed by atoms with Crippen LogP contribution < -0.4 is 5.32 Å².